The summed E-state index contributed by atoms with van der Waals surface area (Å²) in [6.07, 6.45) is 1.37. The van der Waals surface area contributed by atoms with Crippen LogP contribution in [0.5, 0.6) is 0 Å². The molecule has 1 aromatic carbocycles. The number of hydrazone groups is 1. The van der Waals surface area contributed by atoms with Crippen molar-refractivity contribution in [2.75, 3.05) is 18.1 Å². The number of carbonyl (C=O) groups is 1. The number of nitrogens with one attached hydrogen (secondary N) is 1. The van der Waals surface area contributed by atoms with Crippen molar-refractivity contribution in [3.05, 3.63) is 29.8 Å². The predicted molar refractivity (Wildman–Crippen MR) is 89.3 cm³/mol. The molecule has 0 spiro atoms. The van der Waals surface area contributed by atoms with Crippen molar-refractivity contribution in [3.63, 3.8) is 0 Å². The van der Waals surface area contributed by atoms with Crippen molar-refractivity contribution in [2.45, 2.75) is 39.7 Å². The van der Waals surface area contributed by atoms with Crippen molar-refractivity contribution in [2.24, 2.45) is 11.0 Å². The smallest absolute Gasteiger partial charge is 0.251 e. The van der Waals surface area contributed by atoms with E-state index in [4.69, 9.17) is 0 Å². The molecular formula is C17H25N3O2. The van der Waals surface area contributed by atoms with Gasteiger partial charge in [-0.3, -0.25) is 9.80 Å². The van der Waals surface area contributed by atoms with E-state index < -0.39 is 6.10 Å². The molecule has 0 aromatic heterocycles. The third kappa shape index (κ3) is 4.07. The van der Waals surface area contributed by atoms with E-state index in [0.29, 0.717) is 5.56 Å². The highest BCUT2D eigenvalue weighted by Crippen LogP contribution is 2.19. The van der Waals surface area contributed by atoms with Gasteiger partial charge in [-0.05, 0) is 37.1 Å². The topological polar surface area (TPSA) is 64.9 Å². The minimum Gasteiger partial charge on any atom is -0.391 e. The van der Waals surface area contributed by atoms with Gasteiger partial charge in [-0.15, -0.1) is 0 Å². The van der Waals surface area contributed by atoms with Crippen LogP contribution in [0.1, 0.15) is 44.0 Å². The van der Waals surface area contributed by atoms with Gasteiger partial charge in [0.15, 0.2) is 0 Å². The van der Waals surface area contributed by atoms with Crippen LogP contribution < -0.4 is 10.3 Å². The van der Waals surface area contributed by atoms with Gasteiger partial charge in [0.25, 0.3) is 5.91 Å². The number of hydrogen-bond acceptors (Lipinski definition) is 4. The normalized spacial score (nSPS) is 17.1. The minimum atomic E-state index is -0.505. The lowest BCUT2D eigenvalue weighted by molar-refractivity contribution is 0.0850. The van der Waals surface area contributed by atoms with Crippen LogP contribution >= 0.6 is 0 Å². The van der Waals surface area contributed by atoms with Crippen LogP contribution in [0.3, 0.4) is 0 Å². The maximum atomic E-state index is 12.1. The molecule has 2 N–H and O–H groups in total. The third-order valence-corrected chi connectivity index (χ3v) is 4.18. The van der Waals surface area contributed by atoms with Gasteiger partial charge in [0.1, 0.15) is 0 Å². The lowest BCUT2D eigenvalue weighted by Gasteiger charge is -2.18. The van der Waals surface area contributed by atoms with Gasteiger partial charge in [-0.25, -0.2) is 0 Å². The molecule has 2 atom stereocenters. The first-order valence-corrected chi connectivity index (χ1v) is 7.89. The second kappa shape index (κ2) is 7.40. The van der Waals surface area contributed by atoms with Gasteiger partial charge < -0.3 is 10.4 Å². The van der Waals surface area contributed by atoms with Crippen LogP contribution in [0.4, 0.5) is 5.69 Å². The van der Waals surface area contributed by atoms with Gasteiger partial charge in [-0.2, -0.15) is 5.10 Å². The number of nitrogens with zero attached hydrogens (tertiary/aromatic N) is 2. The van der Waals surface area contributed by atoms with E-state index in [0.717, 1.165) is 30.8 Å². The Balaban J connectivity index is 1.91. The Morgan fingerprint density at radius 2 is 2.09 bits per heavy atom. The standard InChI is InChI=1S/C17H25N3O2/c1-4-12(2)16(21)11-18-17(22)14-5-7-15(8-6-14)20-10-9-13(3)19-20/h5-8,12,16,21H,4,9-11H2,1-3H3,(H,18,22). The highest BCUT2D eigenvalue weighted by Gasteiger charge is 2.15. The second-order valence-corrected chi connectivity index (χ2v) is 5.92. The van der Waals surface area contributed by atoms with Crippen LogP contribution in [0.2, 0.25) is 0 Å². The Morgan fingerprint density at radius 3 is 2.64 bits per heavy atom. The first kappa shape index (κ1) is 16.5. The molecule has 0 fully saturated rings. The SMILES string of the molecule is CCC(C)C(O)CNC(=O)c1ccc(N2CCC(C)=N2)cc1. The molecule has 5 nitrogen and oxygen atoms in total. The Labute approximate surface area is 132 Å². The Bertz CT molecular complexity index is 539. The van der Waals surface area contributed by atoms with E-state index in [-0.39, 0.29) is 18.4 Å². The number of carbonyl (C=O) groups excluding carboxylic acids is 1. The van der Waals surface area contributed by atoms with Gasteiger partial charge >= 0.3 is 0 Å². The predicted octanol–water partition coefficient (Wildman–Crippen LogP) is 2.41. The number of rotatable bonds is 6. The zero-order valence-corrected chi connectivity index (χ0v) is 13.5. The van der Waals surface area contributed by atoms with Gasteiger partial charge in [-0.1, -0.05) is 20.3 Å². The minimum absolute atomic E-state index is 0.157. The molecule has 22 heavy (non-hydrogen) atoms. The molecule has 0 saturated carbocycles. The summed E-state index contributed by atoms with van der Waals surface area (Å²) in [6.45, 7) is 7.19. The highest BCUT2D eigenvalue weighted by molar-refractivity contribution is 5.94. The van der Waals surface area contributed by atoms with Gasteiger partial charge in [0, 0.05) is 30.8 Å². The van der Waals surface area contributed by atoms with E-state index in [1.54, 1.807) is 12.1 Å². The maximum Gasteiger partial charge on any atom is 0.251 e. The summed E-state index contributed by atoms with van der Waals surface area (Å²) in [5.41, 5.74) is 2.72. The fourth-order valence-electron chi connectivity index (χ4n) is 2.32. The molecule has 2 unspecified atom stereocenters. The summed E-state index contributed by atoms with van der Waals surface area (Å²) in [7, 11) is 0. The largest absolute Gasteiger partial charge is 0.391 e. The Kier molecular flexibility index (Phi) is 5.55. The van der Waals surface area contributed by atoms with Crippen molar-refractivity contribution in [1.82, 2.24) is 5.32 Å². The summed E-state index contributed by atoms with van der Waals surface area (Å²) in [4.78, 5) is 12.1. The summed E-state index contributed by atoms with van der Waals surface area (Å²) in [5, 5.41) is 19.1. The van der Waals surface area contributed by atoms with Gasteiger partial charge in [0.05, 0.1) is 11.8 Å². The number of benzene rings is 1. The van der Waals surface area contributed by atoms with E-state index >= 15 is 0 Å². The zero-order chi connectivity index (χ0) is 16.1. The average Bonchev–Trinajstić information content (AvgIpc) is 2.98. The van der Waals surface area contributed by atoms with E-state index in [2.05, 4.69) is 10.4 Å². The molecule has 1 heterocycles. The fraction of sp³-hybridized carbons (Fsp3) is 0.529. The third-order valence-electron chi connectivity index (χ3n) is 4.18. The van der Waals surface area contributed by atoms with Crippen molar-refractivity contribution in [1.29, 1.82) is 0 Å². The van der Waals surface area contributed by atoms with E-state index in [1.807, 2.05) is 37.9 Å². The number of amides is 1. The zero-order valence-electron chi connectivity index (χ0n) is 13.5. The van der Waals surface area contributed by atoms with E-state index in [1.165, 1.54) is 0 Å². The molecule has 0 aliphatic carbocycles. The van der Waals surface area contributed by atoms with Crippen molar-refractivity contribution in [3.8, 4) is 0 Å². The summed E-state index contributed by atoms with van der Waals surface area (Å²) in [5.74, 6) is 0.0222. The van der Waals surface area contributed by atoms with Crippen LogP contribution in [0.15, 0.2) is 29.4 Å². The number of anilines is 1. The van der Waals surface area contributed by atoms with Gasteiger partial charge in [0.2, 0.25) is 0 Å². The molecule has 1 aliphatic rings. The monoisotopic (exact) mass is 303 g/mol. The molecule has 0 saturated heterocycles. The summed E-state index contributed by atoms with van der Waals surface area (Å²) < 4.78 is 0. The molecule has 120 valence electrons. The van der Waals surface area contributed by atoms with Crippen molar-refractivity contribution >= 4 is 17.3 Å². The molecule has 5 heteroatoms. The molecule has 0 radical (unpaired) electrons. The quantitative estimate of drug-likeness (QED) is 0.848. The fourth-order valence-corrected chi connectivity index (χ4v) is 2.32. The Hall–Kier alpha value is -1.88. The lowest BCUT2D eigenvalue weighted by atomic mass is 10.0. The summed E-state index contributed by atoms with van der Waals surface area (Å²) >= 11 is 0. The second-order valence-electron chi connectivity index (χ2n) is 5.92. The summed E-state index contributed by atoms with van der Waals surface area (Å²) in [6, 6.07) is 7.40. The average molecular weight is 303 g/mol. The van der Waals surface area contributed by atoms with Crippen LogP contribution in [0.25, 0.3) is 0 Å². The molecule has 2 rings (SSSR count). The molecule has 0 bridgehead atoms. The lowest BCUT2D eigenvalue weighted by Crippen LogP contribution is -2.35. The van der Waals surface area contributed by atoms with Crippen LogP contribution in [-0.2, 0) is 0 Å². The molecule has 1 aliphatic heterocycles. The number of aliphatic hydroxyl groups is 1. The number of aliphatic hydroxyl groups excluding tert-OH is 1. The van der Waals surface area contributed by atoms with E-state index in [9.17, 15) is 9.90 Å². The Morgan fingerprint density at radius 1 is 1.41 bits per heavy atom. The maximum absolute atomic E-state index is 12.1. The van der Waals surface area contributed by atoms with Crippen LogP contribution in [0, 0.1) is 5.92 Å². The molecule has 1 amide bonds. The van der Waals surface area contributed by atoms with Crippen LogP contribution in [-0.4, -0.2) is 35.9 Å². The first-order valence-electron chi connectivity index (χ1n) is 7.89. The first-order chi connectivity index (χ1) is 10.5. The molecular weight excluding hydrogens is 278 g/mol. The number of hydrogen-bond donors (Lipinski definition) is 2. The highest BCUT2D eigenvalue weighted by atomic mass is 16.3. The molecule has 1 aromatic rings. The van der Waals surface area contributed by atoms with Crippen molar-refractivity contribution < 1.29 is 9.90 Å².